The standard InChI is InChI=1S/C15H19NO/c1-17-15-9-5-8-13-12(15)10-14(16-13)11-6-3-2-4-7-11/h5,8-11,16H,2-4,6-7H2,1H3. The van der Waals surface area contributed by atoms with E-state index in [1.54, 1.807) is 7.11 Å². The predicted octanol–water partition coefficient (Wildman–Crippen LogP) is 4.22. The van der Waals surface area contributed by atoms with Crippen LogP contribution < -0.4 is 4.74 Å². The number of aromatic nitrogens is 1. The van der Waals surface area contributed by atoms with Crippen molar-refractivity contribution >= 4 is 10.9 Å². The molecule has 0 saturated heterocycles. The lowest BCUT2D eigenvalue weighted by Gasteiger charge is -2.20. The molecule has 0 atom stereocenters. The predicted molar refractivity (Wildman–Crippen MR) is 70.7 cm³/mol. The van der Waals surface area contributed by atoms with E-state index in [2.05, 4.69) is 17.1 Å². The third kappa shape index (κ3) is 1.92. The number of nitrogens with one attached hydrogen (secondary N) is 1. The van der Waals surface area contributed by atoms with Gasteiger partial charge in [0.05, 0.1) is 7.11 Å². The maximum absolute atomic E-state index is 5.41. The Kier molecular flexibility index (Phi) is 2.79. The smallest absolute Gasteiger partial charge is 0.128 e. The summed E-state index contributed by atoms with van der Waals surface area (Å²) in [5.41, 5.74) is 2.59. The van der Waals surface area contributed by atoms with E-state index in [1.165, 1.54) is 48.7 Å². The number of fused-ring (bicyclic) bond motifs is 1. The molecular weight excluding hydrogens is 210 g/mol. The minimum atomic E-state index is 0.723. The van der Waals surface area contributed by atoms with Gasteiger partial charge in [0.2, 0.25) is 0 Å². The molecule has 17 heavy (non-hydrogen) atoms. The minimum Gasteiger partial charge on any atom is -0.496 e. The summed E-state index contributed by atoms with van der Waals surface area (Å²) < 4.78 is 5.41. The van der Waals surface area contributed by atoms with Crippen LogP contribution in [0.1, 0.15) is 43.7 Å². The van der Waals surface area contributed by atoms with Crippen molar-refractivity contribution in [3.63, 3.8) is 0 Å². The van der Waals surface area contributed by atoms with Crippen LogP contribution in [0, 0.1) is 0 Å². The molecule has 0 spiro atoms. The summed E-state index contributed by atoms with van der Waals surface area (Å²) in [5, 5.41) is 1.22. The molecular formula is C15H19NO. The Balaban J connectivity index is 2.00. The normalized spacial score (nSPS) is 17.5. The fraction of sp³-hybridized carbons (Fsp3) is 0.467. The largest absolute Gasteiger partial charge is 0.496 e. The van der Waals surface area contributed by atoms with E-state index in [4.69, 9.17) is 4.74 Å². The van der Waals surface area contributed by atoms with Gasteiger partial charge in [-0.05, 0) is 37.0 Å². The SMILES string of the molecule is COc1cccc2[nH]c(C3CCCCC3)cc12. The molecule has 90 valence electrons. The van der Waals surface area contributed by atoms with Crippen LogP contribution in [0.25, 0.3) is 10.9 Å². The molecule has 1 aromatic carbocycles. The first kappa shape index (κ1) is 10.7. The average Bonchev–Trinajstić information content (AvgIpc) is 2.83. The molecule has 1 N–H and O–H groups in total. The van der Waals surface area contributed by atoms with Crippen LogP contribution in [0.4, 0.5) is 0 Å². The second kappa shape index (κ2) is 4.44. The maximum atomic E-state index is 5.41. The fourth-order valence-corrected chi connectivity index (χ4v) is 2.96. The van der Waals surface area contributed by atoms with Crippen LogP contribution >= 0.6 is 0 Å². The lowest BCUT2D eigenvalue weighted by atomic mass is 9.87. The van der Waals surface area contributed by atoms with Crippen LogP contribution in [-0.2, 0) is 0 Å². The Hall–Kier alpha value is -1.44. The molecule has 2 nitrogen and oxygen atoms in total. The van der Waals surface area contributed by atoms with Crippen LogP contribution in [0.2, 0.25) is 0 Å². The van der Waals surface area contributed by atoms with Crippen molar-refractivity contribution in [1.29, 1.82) is 0 Å². The van der Waals surface area contributed by atoms with Crippen molar-refractivity contribution in [2.75, 3.05) is 7.11 Å². The van der Waals surface area contributed by atoms with Crippen LogP contribution in [0.15, 0.2) is 24.3 Å². The van der Waals surface area contributed by atoms with E-state index < -0.39 is 0 Å². The van der Waals surface area contributed by atoms with Gasteiger partial charge in [0, 0.05) is 16.6 Å². The highest BCUT2D eigenvalue weighted by molar-refractivity contribution is 5.86. The van der Waals surface area contributed by atoms with Gasteiger partial charge in [0.15, 0.2) is 0 Å². The van der Waals surface area contributed by atoms with Crippen molar-refractivity contribution in [3.05, 3.63) is 30.0 Å². The molecule has 0 unspecified atom stereocenters. The highest BCUT2D eigenvalue weighted by Gasteiger charge is 2.18. The van der Waals surface area contributed by atoms with Gasteiger partial charge in [-0.25, -0.2) is 0 Å². The third-order valence-corrected chi connectivity index (χ3v) is 3.91. The van der Waals surface area contributed by atoms with E-state index in [-0.39, 0.29) is 0 Å². The highest BCUT2D eigenvalue weighted by atomic mass is 16.5. The first-order valence-corrected chi connectivity index (χ1v) is 6.54. The van der Waals surface area contributed by atoms with Crippen LogP contribution in [0.5, 0.6) is 5.75 Å². The van der Waals surface area contributed by atoms with Crippen molar-refractivity contribution in [3.8, 4) is 5.75 Å². The lowest BCUT2D eigenvalue weighted by molar-refractivity contribution is 0.419. The van der Waals surface area contributed by atoms with E-state index in [9.17, 15) is 0 Å². The minimum absolute atomic E-state index is 0.723. The zero-order valence-electron chi connectivity index (χ0n) is 10.3. The number of aromatic amines is 1. The second-order valence-electron chi connectivity index (χ2n) is 4.98. The van der Waals surface area contributed by atoms with Gasteiger partial charge in [0.1, 0.15) is 5.75 Å². The number of benzene rings is 1. The fourth-order valence-electron chi connectivity index (χ4n) is 2.96. The van der Waals surface area contributed by atoms with Gasteiger partial charge in [-0.3, -0.25) is 0 Å². The topological polar surface area (TPSA) is 25.0 Å². The number of methoxy groups -OCH3 is 1. The van der Waals surface area contributed by atoms with E-state index in [0.29, 0.717) is 0 Å². The first-order chi connectivity index (χ1) is 8.38. The molecule has 1 aliphatic rings. The van der Waals surface area contributed by atoms with Crippen molar-refractivity contribution in [2.45, 2.75) is 38.0 Å². The monoisotopic (exact) mass is 229 g/mol. The molecule has 1 heterocycles. The van der Waals surface area contributed by atoms with Crippen molar-refractivity contribution in [2.24, 2.45) is 0 Å². The molecule has 2 aromatic rings. The van der Waals surface area contributed by atoms with Crippen molar-refractivity contribution < 1.29 is 4.74 Å². The summed E-state index contributed by atoms with van der Waals surface area (Å²) in [6.07, 6.45) is 6.80. The summed E-state index contributed by atoms with van der Waals surface area (Å²) in [4.78, 5) is 3.56. The average molecular weight is 229 g/mol. The van der Waals surface area contributed by atoms with E-state index in [0.717, 1.165) is 11.7 Å². The van der Waals surface area contributed by atoms with Crippen LogP contribution in [-0.4, -0.2) is 12.1 Å². The lowest BCUT2D eigenvalue weighted by Crippen LogP contribution is -2.04. The number of hydrogen-bond acceptors (Lipinski definition) is 1. The second-order valence-corrected chi connectivity index (χ2v) is 4.98. The van der Waals surface area contributed by atoms with Gasteiger partial charge in [-0.1, -0.05) is 25.3 Å². The Bertz CT molecular complexity index is 509. The molecule has 1 saturated carbocycles. The Labute approximate surface area is 102 Å². The molecule has 0 amide bonds. The molecule has 1 aliphatic carbocycles. The van der Waals surface area contributed by atoms with E-state index in [1.807, 2.05) is 12.1 Å². The maximum Gasteiger partial charge on any atom is 0.128 e. The number of ether oxygens (including phenoxy) is 1. The number of rotatable bonds is 2. The molecule has 0 aliphatic heterocycles. The summed E-state index contributed by atoms with van der Waals surface area (Å²) in [6.45, 7) is 0. The summed E-state index contributed by atoms with van der Waals surface area (Å²) in [7, 11) is 1.74. The molecule has 3 rings (SSSR count). The molecule has 1 aromatic heterocycles. The summed E-state index contributed by atoms with van der Waals surface area (Å²) in [5.74, 6) is 1.70. The highest BCUT2D eigenvalue weighted by Crippen LogP contribution is 2.35. The summed E-state index contributed by atoms with van der Waals surface area (Å²) >= 11 is 0. The quantitative estimate of drug-likeness (QED) is 0.819. The van der Waals surface area contributed by atoms with Crippen LogP contribution in [0.3, 0.4) is 0 Å². The van der Waals surface area contributed by atoms with Gasteiger partial charge in [-0.2, -0.15) is 0 Å². The van der Waals surface area contributed by atoms with Gasteiger partial charge >= 0.3 is 0 Å². The zero-order valence-corrected chi connectivity index (χ0v) is 10.3. The number of hydrogen-bond donors (Lipinski definition) is 1. The molecule has 0 radical (unpaired) electrons. The van der Waals surface area contributed by atoms with Gasteiger partial charge in [0.25, 0.3) is 0 Å². The Morgan fingerprint density at radius 1 is 1.18 bits per heavy atom. The zero-order chi connectivity index (χ0) is 11.7. The Morgan fingerprint density at radius 3 is 2.76 bits per heavy atom. The van der Waals surface area contributed by atoms with Crippen molar-refractivity contribution in [1.82, 2.24) is 4.98 Å². The van der Waals surface area contributed by atoms with Gasteiger partial charge in [-0.15, -0.1) is 0 Å². The van der Waals surface area contributed by atoms with Gasteiger partial charge < -0.3 is 9.72 Å². The molecule has 1 fully saturated rings. The van der Waals surface area contributed by atoms with E-state index >= 15 is 0 Å². The molecule has 0 bridgehead atoms. The molecule has 2 heteroatoms. The third-order valence-electron chi connectivity index (χ3n) is 3.91. The Morgan fingerprint density at radius 2 is 2.00 bits per heavy atom. The number of H-pyrrole nitrogens is 1. The summed E-state index contributed by atoms with van der Waals surface area (Å²) in [6, 6.07) is 8.48. The first-order valence-electron chi connectivity index (χ1n) is 6.54.